The lowest BCUT2D eigenvalue weighted by molar-refractivity contribution is -0.203. The Hall–Kier alpha value is -2.74. The monoisotopic (exact) mass is 673 g/mol. The van der Waals surface area contributed by atoms with Gasteiger partial charge in [0, 0.05) is 39.8 Å². The Bertz CT molecular complexity index is 1210. The minimum absolute atomic E-state index is 0.0437. The summed E-state index contributed by atoms with van der Waals surface area (Å²) in [6, 6.07) is 8.98. The number of carbonyl (C=O) groups is 4. The summed E-state index contributed by atoms with van der Waals surface area (Å²) < 4.78 is 17.5. The summed E-state index contributed by atoms with van der Waals surface area (Å²) in [5.74, 6) is -2.00. The van der Waals surface area contributed by atoms with Gasteiger partial charge in [-0.2, -0.15) is 0 Å². The quantitative estimate of drug-likeness (QED) is 0.186. The number of hydrogen-bond acceptors (Lipinski definition) is 10. The van der Waals surface area contributed by atoms with Crippen LogP contribution < -0.4 is 16.4 Å². The van der Waals surface area contributed by atoms with Gasteiger partial charge in [0.25, 0.3) is 5.91 Å². The lowest BCUT2D eigenvalue weighted by atomic mass is 9.78. The van der Waals surface area contributed by atoms with E-state index in [1.54, 1.807) is 14.2 Å². The number of imide groups is 1. The van der Waals surface area contributed by atoms with Gasteiger partial charge in [-0.15, -0.1) is 0 Å². The number of benzene rings is 1. The van der Waals surface area contributed by atoms with E-state index in [2.05, 4.69) is 29.4 Å². The third-order valence-electron chi connectivity index (χ3n) is 10.6. The lowest BCUT2D eigenvalue weighted by Gasteiger charge is -2.59. The van der Waals surface area contributed by atoms with Crippen LogP contribution in [-0.4, -0.2) is 117 Å². The van der Waals surface area contributed by atoms with Gasteiger partial charge >= 0.3 is 0 Å². The molecule has 0 spiro atoms. The summed E-state index contributed by atoms with van der Waals surface area (Å²) >= 11 is 0. The Morgan fingerprint density at radius 1 is 1.12 bits per heavy atom. The second kappa shape index (κ2) is 17.8. The number of ether oxygens (including phenoxy) is 3. The zero-order valence-electron chi connectivity index (χ0n) is 30.2. The van der Waals surface area contributed by atoms with Crippen molar-refractivity contribution in [2.45, 2.75) is 102 Å². The Morgan fingerprint density at radius 3 is 2.31 bits per heavy atom. The molecule has 3 amide bonds. The highest BCUT2D eigenvalue weighted by molar-refractivity contribution is 6.02. The Balaban J connectivity index is 2.01. The maximum absolute atomic E-state index is 14.1. The van der Waals surface area contributed by atoms with Gasteiger partial charge in [0.2, 0.25) is 11.8 Å². The molecule has 12 heteroatoms. The van der Waals surface area contributed by atoms with E-state index in [1.807, 2.05) is 63.1 Å². The molecule has 0 saturated carbocycles. The molecular formula is C36H59N5O7. The second-order valence-electron chi connectivity index (χ2n) is 13.9. The molecule has 1 aromatic carbocycles. The first kappa shape index (κ1) is 39.7. The molecule has 2 saturated heterocycles. The van der Waals surface area contributed by atoms with Crippen LogP contribution in [0.4, 0.5) is 0 Å². The number of rotatable bonds is 19. The number of nitrogens with two attached hydrogens (primary N) is 1. The topological polar surface area (TPSA) is 153 Å². The first-order valence-electron chi connectivity index (χ1n) is 17.4. The molecule has 2 aliphatic rings. The molecule has 0 bridgehead atoms. The molecular weight excluding hydrogens is 614 g/mol. The number of nitrogens with one attached hydrogen (secondary N) is 2. The number of likely N-dealkylation sites (N-methyl/N-ethyl adjacent to an activating group) is 1. The van der Waals surface area contributed by atoms with Gasteiger partial charge in [-0.3, -0.25) is 29.5 Å². The fourth-order valence-electron chi connectivity index (χ4n) is 7.86. The molecule has 2 heterocycles. The summed E-state index contributed by atoms with van der Waals surface area (Å²) in [4.78, 5) is 57.3. The fraction of sp³-hybridized carbons (Fsp3) is 0.722. The van der Waals surface area contributed by atoms with E-state index in [0.717, 1.165) is 31.1 Å². The summed E-state index contributed by atoms with van der Waals surface area (Å²) in [6.45, 7) is 11.2. The van der Waals surface area contributed by atoms with Crippen molar-refractivity contribution in [1.29, 1.82) is 0 Å². The van der Waals surface area contributed by atoms with Crippen molar-refractivity contribution < 1.29 is 33.4 Å². The zero-order valence-corrected chi connectivity index (χ0v) is 30.2. The molecule has 3 rings (SSSR count). The average molecular weight is 674 g/mol. The van der Waals surface area contributed by atoms with E-state index in [4.69, 9.17) is 19.9 Å². The molecule has 12 nitrogen and oxygen atoms in total. The largest absolute Gasteiger partial charge is 0.379 e. The fourth-order valence-corrected chi connectivity index (χ4v) is 7.86. The normalized spacial score (nSPS) is 22.2. The van der Waals surface area contributed by atoms with Crippen LogP contribution in [-0.2, 0) is 39.8 Å². The minimum atomic E-state index is -1.25. The van der Waals surface area contributed by atoms with Crippen LogP contribution in [0.2, 0.25) is 0 Å². The molecule has 7 atom stereocenters. The van der Waals surface area contributed by atoms with Gasteiger partial charge in [0.05, 0.1) is 37.4 Å². The first-order chi connectivity index (χ1) is 22.8. The number of likely N-dealkylation sites (tertiary alicyclic amines) is 1. The number of nitrogens with zero attached hydrogens (tertiary/aromatic N) is 2. The third-order valence-corrected chi connectivity index (χ3v) is 10.6. The number of methoxy groups -OCH3 is 2. The molecule has 0 radical (unpaired) electrons. The summed E-state index contributed by atoms with van der Waals surface area (Å²) in [7, 11) is 5.09. The minimum Gasteiger partial charge on any atom is -0.379 e. The number of hydrogen-bond donors (Lipinski definition) is 3. The zero-order chi connectivity index (χ0) is 35.6. The van der Waals surface area contributed by atoms with Gasteiger partial charge in [-0.05, 0) is 43.7 Å². The van der Waals surface area contributed by atoms with Crippen molar-refractivity contribution >= 4 is 24.0 Å². The van der Waals surface area contributed by atoms with Crippen molar-refractivity contribution in [3.63, 3.8) is 0 Å². The predicted octanol–water partition coefficient (Wildman–Crippen LogP) is 2.13. The second-order valence-corrected chi connectivity index (χ2v) is 13.9. The van der Waals surface area contributed by atoms with Crippen LogP contribution in [0.5, 0.6) is 0 Å². The third kappa shape index (κ3) is 8.34. The van der Waals surface area contributed by atoms with Gasteiger partial charge in [-0.1, -0.05) is 71.4 Å². The van der Waals surface area contributed by atoms with Crippen LogP contribution in [0.3, 0.4) is 0 Å². The summed E-state index contributed by atoms with van der Waals surface area (Å²) in [5, 5.41) is 5.67. The molecule has 270 valence electrons. The standard InChI is InChI=1S/C36H59N5O7/c1-9-25(4)36(29(46-7)18-21-42,40(6)30(24(2)3)33(44)39-34(45)35(37)22-48-23-35)41-20-13-16-28(41)31(47-8)26(5)32(43)38-19-17-27-14-11-10-12-15-27/h10-12,14-15,21,24-26,28-31H,9,13,16-20,22-23,37H2,1-8H3,(H,38,43)(H,39,44,45)/t25-,26+,28-,29+,30-,31?,36-/m0/s1. The van der Waals surface area contributed by atoms with E-state index in [0.29, 0.717) is 19.5 Å². The SMILES string of the molecule is CC[C@H](C)[C@]([C@@H](CC=O)OC)(N(C)[C@H](C(=O)NC(=O)C1(N)COC1)C(C)C)N1CCC[C@H]1C(OC)[C@@H](C)C(=O)NCCc1ccccc1. The molecule has 1 unspecified atom stereocenters. The van der Waals surface area contributed by atoms with E-state index in [9.17, 15) is 19.2 Å². The summed E-state index contributed by atoms with van der Waals surface area (Å²) in [5.41, 5.74) is 5.07. The maximum Gasteiger partial charge on any atom is 0.251 e. The summed E-state index contributed by atoms with van der Waals surface area (Å²) in [6.07, 6.45) is 2.79. The van der Waals surface area contributed by atoms with E-state index < -0.39 is 47.2 Å². The first-order valence-corrected chi connectivity index (χ1v) is 17.4. The highest BCUT2D eigenvalue weighted by Crippen LogP contribution is 2.44. The van der Waals surface area contributed by atoms with Gasteiger partial charge in [0.1, 0.15) is 17.5 Å². The predicted molar refractivity (Wildman–Crippen MR) is 184 cm³/mol. The van der Waals surface area contributed by atoms with Crippen LogP contribution >= 0.6 is 0 Å². The van der Waals surface area contributed by atoms with Crippen LogP contribution in [0.25, 0.3) is 0 Å². The smallest absolute Gasteiger partial charge is 0.251 e. The van der Waals surface area contributed by atoms with Gasteiger partial charge in [-0.25, -0.2) is 0 Å². The van der Waals surface area contributed by atoms with Crippen LogP contribution in [0, 0.1) is 17.8 Å². The van der Waals surface area contributed by atoms with E-state index in [-0.39, 0.29) is 43.4 Å². The maximum atomic E-state index is 14.1. The van der Waals surface area contributed by atoms with Crippen LogP contribution in [0.15, 0.2) is 30.3 Å². The highest BCUT2D eigenvalue weighted by Gasteiger charge is 2.58. The van der Waals surface area contributed by atoms with Crippen molar-refractivity contribution in [2.75, 3.05) is 47.6 Å². The highest BCUT2D eigenvalue weighted by atomic mass is 16.5. The van der Waals surface area contributed by atoms with Crippen LogP contribution in [0.1, 0.15) is 65.9 Å². The molecule has 48 heavy (non-hydrogen) atoms. The van der Waals surface area contributed by atoms with Gasteiger partial charge < -0.3 is 30.1 Å². The van der Waals surface area contributed by atoms with Crippen molar-refractivity contribution in [2.24, 2.45) is 23.5 Å². The molecule has 2 fully saturated rings. The number of aldehydes is 1. The Labute approximate surface area is 286 Å². The average Bonchev–Trinajstić information content (AvgIpc) is 3.53. The van der Waals surface area contributed by atoms with Crippen molar-refractivity contribution in [3.8, 4) is 0 Å². The molecule has 1 aromatic rings. The Morgan fingerprint density at radius 2 is 1.79 bits per heavy atom. The van der Waals surface area contributed by atoms with Crippen molar-refractivity contribution in [1.82, 2.24) is 20.4 Å². The lowest BCUT2D eigenvalue weighted by Crippen LogP contribution is -2.76. The molecule has 4 N–H and O–H groups in total. The van der Waals surface area contributed by atoms with E-state index >= 15 is 0 Å². The number of amides is 3. The molecule has 2 aliphatic heterocycles. The molecule has 0 aromatic heterocycles. The number of carbonyl (C=O) groups excluding carboxylic acids is 4. The van der Waals surface area contributed by atoms with E-state index in [1.165, 1.54) is 0 Å². The van der Waals surface area contributed by atoms with Gasteiger partial charge in [0.15, 0.2) is 0 Å². The Kier molecular flexibility index (Phi) is 14.7. The van der Waals surface area contributed by atoms with Crippen molar-refractivity contribution in [3.05, 3.63) is 35.9 Å². The molecule has 0 aliphatic carbocycles.